The molecule has 2 aliphatic rings. The van der Waals surface area contributed by atoms with Gasteiger partial charge in [0.25, 0.3) is 0 Å². The summed E-state index contributed by atoms with van der Waals surface area (Å²) in [7, 11) is 2.13. The molecule has 0 bridgehead atoms. The lowest BCUT2D eigenvalue weighted by molar-refractivity contribution is 0.0992. The number of pyridine rings is 2. The van der Waals surface area contributed by atoms with Gasteiger partial charge in [0, 0.05) is 73.9 Å². The Morgan fingerprint density at radius 1 is 0.811 bits per heavy atom. The fourth-order valence-electron chi connectivity index (χ4n) is 5.10. The van der Waals surface area contributed by atoms with E-state index < -0.39 is 0 Å². The molecule has 4 aromatic rings. The van der Waals surface area contributed by atoms with Crippen LogP contribution in [-0.2, 0) is 6.42 Å². The number of ketones is 1. The van der Waals surface area contributed by atoms with E-state index in [2.05, 4.69) is 54.9 Å². The fourth-order valence-corrected chi connectivity index (χ4v) is 5.10. The number of piperazine rings is 1. The van der Waals surface area contributed by atoms with E-state index in [-0.39, 0.29) is 12.2 Å². The molecule has 0 unspecified atom stereocenters. The predicted octanol–water partition coefficient (Wildman–Crippen LogP) is 3.86. The van der Waals surface area contributed by atoms with Crippen LogP contribution in [0.5, 0.6) is 0 Å². The molecule has 0 radical (unpaired) electrons. The molecular weight excluding hydrogens is 462 g/mol. The highest BCUT2D eigenvalue weighted by Crippen LogP contribution is 2.26. The molecule has 6 rings (SSSR count). The summed E-state index contributed by atoms with van der Waals surface area (Å²) in [4.78, 5) is 38.4. The van der Waals surface area contributed by atoms with Gasteiger partial charge in [-0.15, -0.1) is 0 Å². The van der Waals surface area contributed by atoms with E-state index >= 15 is 0 Å². The molecule has 0 spiro atoms. The van der Waals surface area contributed by atoms with Gasteiger partial charge in [-0.05, 0) is 49.5 Å². The zero-order valence-electron chi connectivity index (χ0n) is 21.2. The first-order valence-corrected chi connectivity index (χ1v) is 13.0. The average Bonchev–Trinajstić information content (AvgIpc) is 3.49. The van der Waals surface area contributed by atoms with Gasteiger partial charge in [-0.1, -0.05) is 12.1 Å². The molecule has 3 aromatic heterocycles. The lowest BCUT2D eigenvalue weighted by Gasteiger charge is -2.33. The van der Waals surface area contributed by atoms with Crippen molar-refractivity contribution in [3.63, 3.8) is 0 Å². The molecule has 2 saturated heterocycles. The number of Topliss-reactive ketones (excluding diaryl/α,β-unsaturated/α-hetero) is 1. The molecule has 0 N–H and O–H groups in total. The summed E-state index contributed by atoms with van der Waals surface area (Å²) in [5, 5.41) is 2.07. The Kier molecular flexibility index (Phi) is 6.49. The van der Waals surface area contributed by atoms with Gasteiger partial charge in [-0.25, -0.2) is 9.97 Å². The van der Waals surface area contributed by atoms with Crippen molar-refractivity contribution in [2.75, 3.05) is 56.1 Å². The molecule has 2 aliphatic heterocycles. The van der Waals surface area contributed by atoms with E-state index in [1.54, 1.807) is 12.3 Å². The Morgan fingerprint density at radius 2 is 1.62 bits per heavy atom. The number of anilines is 2. The highest BCUT2D eigenvalue weighted by atomic mass is 16.1. The average molecular weight is 494 g/mol. The van der Waals surface area contributed by atoms with Crippen LogP contribution in [0.1, 0.15) is 28.9 Å². The number of carbonyl (C=O) groups excluding carboxylic acids is 1. The zero-order chi connectivity index (χ0) is 25.2. The van der Waals surface area contributed by atoms with Crippen LogP contribution in [0.3, 0.4) is 0 Å². The number of aromatic nitrogens is 4. The number of hydrogen-bond donors (Lipinski definition) is 0. The first-order chi connectivity index (χ1) is 18.1. The summed E-state index contributed by atoms with van der Waals surface area (Å²) in [6.45, 7) is 5.90. The number of carbonyl (C=O) groups is 1. The van der Waals surface area contributed by atoms with Gasteiger partial charge in [0.2, 0.25) is 0 Å². The SMILES string of the molecule is CN1CCN(c2cc(C(=O)Cc3cc4cc(-c5cncc(N6CCCC6)n5)ccc4cn3)ccn2)CC1. The Balaban J connectivity index is 1.21. The molecule has 0 atom stereocenters. The second-order valence-corrected chi connectivity index (χ2v) is 9.99. The third kappa shape index (κ3) is 5.15. The maximum absolute atomic E-state index is 13.2. The van der Waals surface area contributed by atoms with Gasteiger partial charge >= 0.3 is 0 Å². The summed E-state index contributed by atoms with van der Waals surface area (Å²) < 4.78 is 0. The van der Waals surface area contributed by atoms with E-state index in [9.17, 15) is 4.79 Å². The van der Waals surface area contributed by atoms with Crippen molar-refractivity contribution in [2.45, 2.75) is 19.3 Å². The Hall–Kier alpha value is -3.91. The van der Waals surface area contributed by atoms with E-state index in [1.807, 2.05) is 30.7 Å². The number of rotatable bonds is 6. The maximum atomic E-state index is 13.2. The standard InChI is InChI=1S/C29H31N7O/c1-34-10-12-36(13-11-34)28-16-22(6-7-31-28)27(37)17-25-15-24-14-21(4-5-23(24)18-32-25)26-19-30-20-29(33-26)35-8-2-3-9-35/h4-7,14-16,18-20H,2-3,8-13,17H2,1H3. The van der Waals surface area contributed by atoms with Crippen molar-refractivity contribution in [3.05, 3.63) is 72.4 Å². The fraction of sp³-hybridized carbons (Fsp3) is 0.345. The van der Waals surface area contributed by atoms with Crippen LogP contribution in [-0.4, -0.2) is 76.9 Å². The van der Waals surface area contributed by atoms with Gasteiger partial charge in [0.05, 0.1) is 24.5 Å². The molecule has 0 amide bonds. The summed E-state index contributed by atoms with van der Waals surface area (Å²) in [5.41, 5.74) is 3.29. The van der Waals surface area contributed by atoms with Crippen LogP contribution < -0.4 is 9.80 Å². The lowest BCUT2D eigenvalue weighted by Crippen LogP contribution is -2.44. The van der Waals surface area contributed by atoms with E-state index in [0.29, 0.717) is 5.56 Å². The predicted molar refractivity (Wildman–Crippen MR) is 146 cm³/mol. The van der Waals surface area contributed by atoms with Crippen molar-refractivity contribution in [1.82, 2.24) is 24.8 Å². The molecule has 5 heterocycles. The lowest BCUT2D eigenvalue weighted by atomic mass is 10.0. The van der Waals surface area contributed by atoms with Crippen LogP contribution in [0.15, 0.2) is 61.2 Å². The molecule has 37 heavy (non-hydrogen) atoms. The van der Waals surface area contributed by atoms with Crippen molar-refractivity contribution in [1.29, 1.82) is 0 Å². The van der Waals surface area contributed by atoms with Crippen LogP contribution >= 0.6 is 0 Å². The minimum absolute atomic E-state index is 0.0463. The number of benzene rings is 1. The molecule has 8 nitrogen and oxygen atoms in total. The summed E-state index contributed by atoms with van der Waals surface area (Å²) in [6.07, 6.45) is 9.89. The van der Waals surface area contributed by atoms with Gasteiger partial charge in [-0.2, -0.15) is 0 Å². The minimum Gasteiger partial charge on any atom is -0.355 e. The van der Waals surface area contributed by atoms with Gasteiger partial charge < -0.3 is 14.7 Å². The third-order valence-corrected chi connectivity index (χ3v) is 7.36. The largest absolute Gasteiger partial charge is 0.355 e. The molecule has 1 aromatic carbocycles. The second kappa shape index (κ2) is 10.2. The Labute approximate surface area is 217 Å². The van der Waals surface area contributed by atoms with Crippen LogP contribution in [0.2, 0.25) is 0 Å². The maximum Gasteiger partial charge on any atom is 0.169 e. The number of hydrogen-bond acceptors (Lipinski definition) is 8. The number of likely N-dealkylation sites (N-methyl/N-ethyl adjacent to an activating group) is 1. The van der Waals surface area contributed by atoms with E-state index in [1.165, 1.54) is 12.8 Å². The monoisotopic (exact) mass is 493 g/mol. The molecule has 0 aliphatic carbocycles. The van der Waals surface area contributed by atoms with Crippen molar-refractivity contribution >= 4 is 28.2 Å². The highest BCUT2D eigenvalue weighted by Gasteiger charge is 2.18. The molecule has 8 heteroatoms. The topological polar surface area (TPSA) is 78.4 Å². The smallest absolute Gasteiger partial charge is 0.169 e. The van der Waals surface area contributed by atoms with Crippen molar-refractivity contribution in [3.8, 4) is 11.3 Å². The van der Waals surface area contributed by atoms with Gasteiger partial charge in [0.15, 0.2) is 5.78 Å². The zero-order valence-corrected chi connectivity index (χ0v) is 21.2. The summed E-state index contributed by atoms with van der Waals surface area (Å²) in [5.74, 6) is 1.85. The van der Waals surface area contributed by atoms with Gasteiger partial charge in [-0.3, -0.25) is 14.8 Å². The van der Waals surface area contributed by atoms with Crippen molar-refractivity contribution < 1.29 is 4.79 Å². The number of fused-ring (bicyclic) bond motifs is 1. The normalized spacial score (nSPS) is 16.5. The Morgan fingerprint density at radius 3 is 2.46 bits per heavy atom. The number of nitrogens with zero attached hydrogens (tertiary/aromatic N) is 7. The van der Waals surface area contributed by atoms with Gasteiger partial charge in [0.1, 0.15) is 11.6 Å². The van der Waals surface area contributed by atoms with E-state index in [0.717, 1.165) is 78.6 Å². The first-order valence-electron chi connectivity index (χ1n) is 13.0. The molecule has 188 valence electrons. The molecular formula is C29H31N7O. The van der Waals surface area contributed by atoms with Crippen LogP contribution in [0.4, 0.5) is 11.6 Å². The summed E-state index contributed by atoms with van der Waals surface area (Å²) in [6, 6.07) is 12.0. The van der Waals surface area contributed by atoms with Crippen molar-refractivity contribution in [2.24, 2.45) is 0 Å². The van der Waals surface area contributed by atoms with Crippen LogP contribution in [0, 0.1) is 0 Å². The third-order valence-electron chi connectivity index (χ3n) is 7.36. The summed E-state index contributed by atoms with van der Waals surface area (Å²) >= 11 is 0. The second-order valence-electron chi connectivity index (χ2n) is 9.99. The van der Waals surface area contributed by atoms with Crippen LogP contribution in [0.25, 0.3) is 22.0 Å². The molecule has 0 saturated carbocycles. The minimum atomic E-state index is 0.0463. The molecule has 2 fully saturated rings. The first kappa shape index (κ1) is 23.5. The quantitative estimate of drug-likeness (QED) is 0.375. The highest BCUT2D eigenvalue weighted by molar-refractivity contribution is 5.98. The Bertz CT molecular complexity index is 1420. The van der Waals surface area contributed by atoms with E-state index in [4.69, 9.17) is 4.98 Å².